The molecule has 1 amide bonds. The maximum Gasteiger partial charge on any atom is 0.273 e. The van der Waals surface area contributed by atoms with Crippen LogP contribution >= 0.6 is 0 Å². The van der Waals surface area contributed by atoms with Crippen LogP contribution in [0.1, 0.15) is 29.8 Å². The molecule has 1 aliphatic heterocycles. The third kappa shape index (κ3) is 4.37. The Labute approximate surface area is 211 Å². The quantitative estimate of drug-likeness (QED) is 0.453. The van der Waals surface area contributed by atoms with E-state index in [0.29, 0.717) is 12.2 Å². The summed E-state index contributed by atoms with van der Waals surface area (Å²) in [7, 11) is 0. The molecule has 0 radical (unpaired) electrons. The fraction of sp³-hybridized carbons (Fsp3) is 0.393. The predicted molar refractivity (Wildman–Crippen MR) is 144 cm³/mol. The number of benzene rings is 2. The van der Waals surface area contributed by atoms with Crippen LogP contribution in [0.2, 0.25) is 0 Å². The van der Waals surface area contributed by atoms with E-state index in [1.165, 1.54) is 22.9 Å². The fourth-order valence-corrected chi connectivity index (χ4v) is 5.28. The first kappa shape index (κ1) is 24.1. The summed E-state index contributed by atoms with van der Waals surface area (Å²) in [5.74, 6) is -0.0511. The van der Waals surface area contributed by atoms with Crippen molar-refractivity contribution >= 4 is 28.1 Å². The molecule has 188 valence electrons. The van der Waals surface area contributed by atoms with Crippen molar-refractivity contribution in [3.05, 3.63) is 75.7 Å². The lowest BCUT2D eigenvalue weighted by Crippen LogP contribution is -2.49. The third-order valence-corrected chi connectivity index (χ3v) is 7.45. The number of fused-ring (bicyclic) bond motifs is 3. The molecule has 36 heavy (non-hydrogen) atoms. The van der Waals surface area contributed by atoms with Gasteiger partial charge in [-0.15, -0.1) is 0 Å². The average Bonchev–Trinajstić information content (AvgIpc) is 3.20. The van der Waals surface area contributed by atoms with Crippen LogP contribution in [0, 0.1) is 20.8 Å². The van der Waals surface area contributed by atoms with E-state index in [-0.39, 0.29) is 11.5 Å². The lowest BCUT2D eigenvalue weighted by atomic mass is 10.1. The molecule has 5 rings (SSSR count). The van der Waals surface area contributed by atoms with Crippen molar-refractivity contribution in [2.24, 2.45) is 0 Å². The van der Waals surface area contributed by atoms with Gasteiger partial charge in [0.15, 0.2) is 5.65 Å². The molecule has 1 aliphatic rings. The highest BCUT2D eigenvalue weighted by Gasteiger charge is 2.23. The van der Waals surface area contributed by atoms with E-state index in [1.807, 2.05) is 47.3 Å². The van der Waals surface area contributed by atoms with E-state index in [0.717, 1.165) is 49.3 Å². The van der Waals surface area contributed by atoms with Crippen LogP contribution in [0.15, 0.2) is 53.3 Å². The maximum atomic E-state index is 13.2. The molecule has 8 nitrogen and oxygen atoms in total. The van der Waals surface area contributed by atoms with Gasteiger partial charge in [-0.25, -0.2) is 4.52 Å². The minimum atomic E-state index is -0.462. The van der Waals surface area contributed by atoms with Gasteiger partial charge in [-0.2, -0.15) is 4.98 Å². The van der Waals surface area contributed by atoms with Gasteiger partial charge in [0.25, 0.3) is 5.56 Å². The minimum absolute atomic E-state index is 0.0511. The molecule has 1 saturated heterocycles. The minimum Gasteiger partial charge on any atom is -0.369 e. The van der Waals surface area contributed by atoms with Crippen LogP contribution in [0.3, 0.4) is 0 Å². The van der Waals surface area contributed by atoms with E-state index in [9.17, 15) is 9.59 Å². The van der Waals surface area contributed by atoms with Gasteiger partial charge in [0, 0.05) is 62.1 Å². The Kier molecular flexibility index (Phi) is 6.53. The molecule has 1 unspecified atom stereocenters. The van der Waals surface area contributed by atoms with E-state index in [1.54, 1.807) is 0 Å². The number of para-hydroxylation sites is 1. The molecular formula is C28H34N6O2. The van der Waals surface area contributed by atoms with Crippen LogP contribution < -0.4 is 15.8 Å². The number of anilines is 1. The molecule has 1 fully saturated rings. The van der Waals surface area contributed by atoms with Gasteiger partial charge in [-0.1, -0.05) is 24.3 Å². The summed E-state index contributed by atoms with van der Waals surface area (Å²) >= 11 is 0. The number of carbonyl (C=O) groups excluding carboxylic acids is 1. The Hall–Kier alpha value is -3.65. The van der Waals surface area contributed by atoms with E-state index in [4.69, 9.17) is 0 Å². The normalized spacial score (nSPS) is 15.5. The highest BCUT2D eigenvalue weighted by molar-refractivity contribution is 5.94. The van der Waals surface area contributed by atoms with Crippen LogP contribution in [0.25, 0.3) is 16.6 Å². The summed E-state index contributed by atoms with van der Waals surface area (Å²) in [5, 5.41) is 3.99. The highest BCUT2D eigenvalue weighted by atomic mass is 16.2. The van der Waals surface area contributed by atoms with Gasteiger partial charge in [-0.05, 0) is 57.0 Å². The van der Waals surface area contributed by atoms with Crippen LogP contribution in [-0.2, 0) is 4.79 Å². The SMILES string of the molecule is Cc1cccc(N2CCN(CCNC(=O)C(C)n3c4ccccc4c4nc(=O)cc(C)n43)CC2)c1C. The third-order valence-electron chi connectivity index (χ3n) is 7.45. The number of hydrogen-bond acceptors (Lipinski definition) is 5. The Morgan fingerprint density at radius 1 is 1.03 bits per heavy atom. The molecule has 2 aromatic carbocycles. The monoisotopic (exact) mass is 486 g/mol. The second kappa shape index (κ2) is 9.78. The molecule has 8 heteroatoms. The lowest BCUT2D eigenvalue weighted by molar-refractivity contribution is -0.124. The molecule has 0 aliphatic carbocycles. The number of carbonyl (C=O) groups is 1. The number of nitrogens with zero attached hydrogens (tertiary/aromatic N) is 5. The zero-order valence-electron chi connectivity index (χ0n) is 21.5. The largest absolute Gasteiger partial charge is 0.369 e. The van der Waals surface area contributed by atoms with Gasteiger partial charge in [0.2, 0.25) is 5.91 Å². The zero-order chi connectivity index (χ0) is 25.4. The van der Waals surface area contributed by atoms with Crippen molar-refractivity contribution in [2.45, 2.75) is 33.7 Å². The summed E-state index contributed by atoms with van der Waals surface area (Å²) in [5.41, 5.74) is 5.95. The summed E-state index contributed by atoms with van der Waals surface area (Å²) in [6.45, 7) is 13.5. The van der Waals surface area contributed by atoms with Crippen LogP contribution in [-0.4, -0.2) is 64.3 Å². The number of hydrogen-bond donors (Lipinski definition) is 1. The van der Waals surface area contributed by atoms with Gasteiger partial charge in [-0.3, -0.25) is 19.2 Å². The smallest absolute Gasteiger partial charge is 0.273 e. The molecular weight excluding hydrogens is 452 g/mol. The number of piperazine rings is 1. The number of amides is 1. The van der Waals surface area contributed by atoms with Crippen molar-refractivity contribution < 1.29 is 4.79 Å². The Morgan fingerprint density at radius 2 is 1.78 bits per heavy atom. The lowest BCUT2D eigenvalue weighted by Gasteiger charge is -2.37. The zero-order valence-corrected chi connectivity index (χ0v) is 21.5. The van der Waals surface area contributed by atoms with Crippen LogP contribution in [0.5, 0.6) is 0 Å². The van der Waals surface area contributed by atoms with Gasteiger partial charge in [0.05, 0.1) is 5.52 Å². The van der Waals surface area contributed by atoms with Crippen molar-refractivity contribution in [3.8, 4) is 0 Å². The van der Waals surface area contributed by atoms with Gasteiger partial charge >= 0.3 is 0 Å². The predicted octanol–water partition coefficient (Wildman–Crippen LogP) is 3.07. The van der Waals surface area contributed by atoms with Gasteiger partial charge in [0.1, 0.15) is 6.04 Å². The van der Waals surface area contributed by atoms with E-state index in [2.05, 4.69) is 52.1 Å². The number of aromatic nitrogens is 3. The maximum absolute atomic E-state index is 13.2. The topological polar surface area (TPSA) is 74.9 Å². The molecule has 0 saturated carbocycles. The first-order valence-corrected chi connectivity index (χ1v) is 12.7. The fourth-order valence-electron chi connectivity index (χ4n) is 5.28. The summed E-state index contributed by atoms with van der Waals surface area (Å²) in [6.07, 6.45) is 0. The number of rotatable bonds is 6. The first-order valence-electron chi connectivity index (χ1n) is 12.7. The Bertz CT molecular complexity index is 1480. The molecule has 4 aromatic rings. The highest BCUT2D eigenvalue weighted by Crippen LogP contribution is 2.25. The van der Waals surface area contributed by atoms with Crippen molar-refractivity contribution in [1.29, 1.82) is 0 Å². The second-order valence-electron chi connectivity index (χ2n) is 9.75. The molecule has 1 atom stereocenters. The van der Waals surface area contributed by atoms with Crippen molar-refractivity contribution in [2.75, 3.05) is 44.2 Å². The summed E-state index contributed by atoms with van der Waals surface area (Å²) in [6, 6.07) is 15.3. The average molecular weight is 487 g/mol. The van der Waals surface area contributed by atoms with E-state index >= 15 is 0 Å². The summed E-state index contributed by atoms with van der Waals surface area (Å²) < 4.78 is 3.81. The standard InChI is InChI=1S/C28H34N6O2/c1-19-8-7-11-24(21(19)3)32-16-14-31(15-17-32)13-12-29-28(36)22(4)34-25-10-6-5-9-23(25)27-30-26(35)18-20(2)33(27)34/h5-11,18,22H,12-17H2,1-4H3,(H,29,36). The van der Waals surface area contributed by atoms with E-state index < -0.39 is 6.04 Å². The molecule has 0 bridgehead atoms. The molecule has 1 N–H and O–H groups in total. The van der Waals surface area contributed by atoms with Gasteiger partial charge < -0.3 is 10.2 Å². The van der Waals surface area contributed by atoms with Crippen molar-refractivity contribution in [1.82, 2.24) is 24.4 Å². The van der Waals surface area contributed by atoms with Crippen LogP contribution in [0.4, 0.5) is 5.69 Å². The Morgan fingerprint density at radius 3 is 2.56 bits per heavy atom. The number of aryl methyl sites for hydroxylation is 2. The summed E-state index contributed by atoms with van der Waals surface area (Å²) in [4.78, 5) is 34.4. The Balaban J connectivity index is 1.23. The molecule has 0 spiro atoms. The first-order chi connectivity index (χ1) is 17.3. The number of nitrogens with one attached hydrogen (secondary N) is 1. The van der Waals surface area contributed by atoms with Crippen molar-refractivity contribution in [3.63, 3.8) is 0 Å². The molecule has 2 aromatic heterocycles. The second-order valence-corrected chi connectivity index (χ2v) is 9.75. The molecule has 3 heterocycles.